The van der Waals surface area contributed by atoms with Crippen molar-refractivity contribution < 1.29 is 9.90 Å². The molecular formula is C18H16ClN3O2S. The molecule has 5 nitrogen and oxygen atoms in total. The van der Waals surface area contributed by atoms with E-state index in [1.807, 2.05) is 23.1 Å². The summed E-state index contributed by atoms with van der Waals surface area (Å²) in [5.41, 5.74) is 1.12. The van der Waals surface area contributed by atoms with E-state index in [0.717, 1.165) is 39.4 Å². The van der Waals surface area contributed by atoms with E-state index in [1.54, 1.807) is 11.3 Å². The van der Waals surface area contributed by atoms with Crippen LogP contribution in [0.5, 0.6) is 0 Å². The van der Waals surface area contributed by atoms with Crippen molar-refractivity contribution in [3.8, 4) is 10.4 Å². The molecule has 1 unspecified atom stereocenters. The van der Waals surface area contributed by atoms with E-state index >= 15 is 0 Å². The maximum absolute atomic E-state index is 11.4. The molecule has 1 aliphatic heterocycles. The highest BCUT2D eigenvalue weighted by Gasteiger charge is 2.28. The van der Waals surface area contributed by atoms with Gasteiger partial charge >= 0.3 is 5.97 Å². The third kappa shape index (κ3) is 3.19. The molecule has 4 rings (SSSR count). The second kappa shape index (κ2) is 6.61. The number of fused-ring (bicyclic) bond motifs is 1. The van der Waals surface area contributed by atoms with Gasteiger partial charge in [-0.2, -0.15) is 4.98 Å². The number of thiophene rings is 1. The summed E-state index contributed by atoms with van der Waals surface area (Å²) < 4.78 is 0. The zero-order chi connectivity index (χ0) is 17.4. The zero-order valence-electron chi connectivity index (χ0n) is 13.4. The van der Waals surface area contributed by atoms with Crippen LogP contribution >= 0.6 is 22.9 Å². The number of aromatic nitrogens is 2. The third-order valence-corrected chi connectivity index (χ3v) is 5.72. The van der Waals surface area contributed by atoms with Crippen molar-refractivity contribution >= 4 is 44.9 Å². The van der Waals surface area contributed by atoms with Crippen LogP contribution in [0, 0.1) is 5.92 Å². The molecule has 1 aliphatic rings. The van der Waals surface area contributed by atoms with E-state index in [9.17, 15) is 9.90 Å². The number of benzene rings is 1. The van der Waals surface area contributed by atoms with Crippen LogP contribution in [0.2, 0.25) is 5.28 Å². The summed E-state index contributed by atoms with van der Waals surface area (Å²) in [5.74, 6) is -0.388. The Bertz CT molecular complexity index is 929. The van der Waals surface area contributed by atoms with E-state index in [0.29, 0.717) is 13.0 Å². The van der Waals surface area contributed by atoms with E-state index in [1.165, 1.54) is 0 Å². The van der Waals surface area contributed by atoms with Gasteiger partial charge in [0, 0.05) is 18.0 Å². The van der Waals surface area contributed by atoms with E-state index in [4.69, 9.17) is 11.6 Å². The minimum atomic E-state index is -0.753. The van der Waals surface area contributed by atoms with Crippen LogP contribution in [0.4, 0.5) is 5.82 Å². The van der Waals surface area contributed by atoms with Crippen LogP contribution in [0.1, 0.15) is 12.8 Å². The molecule has 0 amide bonds. The Kier molecular flexibility index (Phi) is 4.31. The lowest BCUT2D eigenvalue weighted by atomic mass is 9.98. The Hall–Kier alpha value is -2.18. The van der Waals surface area contributed by atoms with Crippen LogP contribution in [0.25, 0.3) is 20.7 Å². The number of rotatable bonds is 3. The molecule has 0 radical (unpaired) electrons. The molecule has 0 saturated carbocycles. The topological polar surface area (TPSA) is 66.3 Å². The number of carbonyl (C=O) groups is 1. The fourth-order valence-corrected chi connectivity index (χ4v) is 4.48. The van der Waals surface area contributed by atoms with Crippen molar-refractivity contribution in [1.29, 1.82) is 0 Å². The first-order valence-electron chi connectivity index (χ1n) is 8.12. The zero-order valence-corrected chi connectivity index (χ0v) is 14.9. The third-order valence-electron chi connectivity index (χ3n) is 4.47. The average Bonchev–Trinajstić information content (AvgIpc) is 3.05. The lowest BCUT2D eigenvalue weighted by Gasteiger charge is -2.31. The maximum Gasteiger partial charge on any atom is 0.308 e. The molecule has 0 bridgehead atoms. The van der Waals surface area contributed by atoms with Gasteiger partial charge in [-0.15, -0.1) is 11.3 Å². The molecule has 1 N–H and O–H groups in total. The summed E-state index contributed by atoms with van der Waals surface area (Å²) in [6, 6.07) is 12.2. The van der Waals surface area contributed by atoms with E-state index in [-0.39, 0.29) is 11.2 Å². The van der Waals surface area contributed by atoms with Crippen LogP contribution in [0.15, 0.2) is 36.4 Å². The predicted molar refractivity (Wildman–Crippen MR) is 100 cm³/mol. The minimum absolute atomic E-state index is 0.196. The number of hydrogen-bond acceptors (Lipinski definition) is 5. The van der Waals surface area contributed by atoms with Gasteiger partial charge in [0.1, 0.15) is 10.6 Å². The molecule has 0 spiro atoms. The lowest BCUT2D eigenvalue weighted by molar-refractivity contribution is -0.141. The number of carboxylic acids is 1. The number of anilines is 1. The number of carboxylic acid groups (broad SMARTS) is 1. The largest absolute Gasteiger partial charge is 0.481 e. The van der Waals surface area contributed by atoms with Gasteiger partial charge in [-0.05, 0) is 36.1 Å². The fourth-order valence-electron chi connectivity index (χ4n) is 3.24. The van der Waals surface area contributed by atoms with Crippen LogP contribution in [-0.4, -0.2) is 34.1 Å². The van der Waals surface area contributed by atoms with Crippen LogP contribution in [0.3, 0.4) is 0 Å². The molecule has 1 aromatic carbocycles. The number of nitrogens with zero attached hydrogens (tertiary/aromatic N) is 3. The Morgan fingerprint density at radius 2 is 2.08 bits per heavy atom. The molecule has 1 saturated heterocycles. The highest BCUT2D eigenvalue weighted by atomic mass is 35.5. The van der Waals surface area contributed by atoms with Crippen molar-refractivity contribution in [3.05, 3.63) is 41.7 Å². The summed E-state index contributed by atoms with van der Waals surface area (Å²) >= 11 is 7.71. The van der Waals surface area contributed by atoms with Crippen LogP contribution < -0.4 is 4.90 Å². The molecule has 128 valence electrons. The summed E-state index contributed by atoms with van der Waals surface area (Å²) in [6.07, 6.45) is 1.53. The Balaban J connectivity index is 1.78. The van der Waals surface area contributed by atoms with Crippen molar-refractivity contribution in [2.24, 2.45) is 5.92 Å². The van der Waals surface area contributed by atoms with Gasteiger partial charge in [-0.25, -0.2) is 4.98 Å². The fraction of sp³-hybridized carbons (Fsp3) is 0.278. The van der Waals surface area contributed by atoms with E-state index in [2.05, 4.69) is 28.2 Å². The van der Waals surface area contributed by atoms with Crippen molar-refractivity contribution in [3.63, 3.8) is 0 Å². The van der Waals surface area contributed by atoms with Gasteiger partial charge in [0.05, 0.1) is 11.3 Å². The molecule has 0 aliphatic carbocycles. The van der Waals surface area contributed by atoms with Crippen molar-refractivity contribution in [1.82, 2.24) is 9.97 Å². The molecule has 1 fully saturated rings. The number of piperidine rings is 1. The monoisotopic (exact) mass is 373 g/mol. The van der Waals surface area contributed by atoms with Crippen LogP contribution in [-0.2, 0) is 4.79 Å². The average molecular weight is 374 g/mol. The number of halogens is 1. The van der Waals surface area contributed by atoms with Gasteiger partial charge in [0.25, 0.3) is 0 Å². The quantitative estimate of drug-likeness (QED) is 0.693. The Morgan fingerprint density at radius 1 is 1.28 bits per heavy atom. The molecule has 1 atom stereocenters. The van der Waals surface area contributed by atoms with Crippen molar-refractivity contribution in [2.45, 2.75) is 12.8 Å². The van der Waals surface area contributed by atoms with Gasteiger partial charge < -0.3 is 10.0 Å². The van der Waals surface area contributed by atoms with Gasteiger partial charge in [-0.3, -0.25) is 4.79 Å². The smallest absolute Gasteiger partial charge is 0.308 e. The maximum atomic E-state index is 11.4. The summed E-state index contributed by atoms with van der Waals surface area (Å²) in [5, 5.41) is 10.5. The highest BCUT2D eigenvalue weighted by molar-refractivity contribution is 7.22. The second-order valence-electron chi connectivity index (χ2n) is 6.14. The molecule has 7 heteroatoms. The molecule has 2 aromatic heterocycles. The summed E-state index contributed by atoms with van der Waals surface area (Å²) in [6.45, 7) is 1.23. The minimum Gasteiger partial charge on any atom is -0.481 e. The van der Waals surface area contributed by atoms with E-state index < -0.39 is 5.97 Å². The normalized spacial score (nSPS) is 17.8. The Morgan fingerprint density at radius 3 is 2.84 bits per heavy atom. The summed E-state index contributed by atoms with van der Waals surface area (Å²) in [7, 11) is 0. The number of hydrogen-bond donors (Lipinski definition) is 1. The first kappa shape index (κ1) is 16.3. The molecular weight excluding hydrogens is 358 g/mol. The highest BCUT2D eigenvalue weighted by Crippen LogP contribution is 2.38. The van der Waals surface area contributed by atoms with Gasteiger partial charge in [-0.1, -0.05) is 30.3 Å². The standard InChI is InChI=1S/C18H16ClN3O2S/c19-18-20-15(22-8-4-7-12(10-22)17(23)24)13-9-14(25-16(13)21-18)11-5-2-1-3-6-11/h1-3,5-6,9,12H,4,7-8,10H2,(H,23,24). The predicted octanol–water partition coefficient (Wildman–Crippen LogP) is 4.31. The lowest BCUT2D eigenvalue weighted by Crippen LogP contribution is -2.39. The first-order valence-corrected chi connectivity index (χ1v) is 9.31. The van der Waals surface area contributed by atoms with Gasteiger partial charge in [0.15, 0.2) is 0 Å². The second-order valence-corrected chi connectivity index (χ2v) is 7.50. The summed E-state index contributed by atoms with van der Waals surface area (Å²) in [4.78, 5) is 24.1. The first-order chi connectivity index (χ1) is 12.1. The van der Waals surface area contributed by atoms with Crippen molar-refractivity contribution in [2.75, 3.05) is 18.0 Å². The Labute approximate surface area is 153 Å². The molecule has 3 heterocycles. The SMILES string of the molecule is O=C(O)C1CCCN(c2nc(Cl)nc3sc(-c4ccccc4)cc23)C1. The molecule has 25 heavy (non-hydrogen) atoms. The number of aliphatic carboxylic acids is 1. The van der Waals surface area contributed by atoms with Gasteiger partial charge in [0.2, 0.25) is 5.28 Å². The molecule has 3 aromatic rings.